The van der Waals surface area contributed by atoms with Crippen LogP contribution in [-0.2, 0) is 0 Å². The van der Waals surface area contributed by atoms with Gasteiger partial charge in [-0.25, -0.2) is 0 Å². The predicted octanol–water partition coefficient (Wildman–Crippen LogP) is 2.89. The molecule has 1 rings (SSSR count). The zero-order valence-corrected chi connectivity index (χ0v) is 7.55. The molecule has 1 N–H and O–H groups in total. The Morgan fingerprint density at radius 3 is 2.82 bits per heavy atom. The SMILES string of the molecule is CNc1ccc(Br)cc1N=O. The molecule has 0 bridgehead atoms. The van der Waals surface area contributed by atoms with E-state index in [1.54, 1.807) is 19.2 Å². The van der Waals surface area contributed by atoms with Crippen molar-refractivity contribution >= 4 is 27.3 Å². The molecule has 0 heterocycles. The molecule has 1 aromatic rings. The second kappa shape index (κ2) is 3.48. The van der Waals surface area contributed by atoms with Crippen molar-refractivity contribution in [2.24, 2.45) is 5.18 Å². The largest absolute Gasteiger partial charge is 0.386 e. The first-order valence-corrected chi connectivity index (χ1v) is 3.88. The van der Waals surface area contributed by atoms with Crippen LogP contribution in [0.1, 0.15) is 0 Å². The lowest BCUT2D eigenvalue weighted by Crippen LogP contribution is -1.87. The van der Waals surface area contributed by atoms with Crippen LogP contribution in [0.15, 0.2) is 27.8 Å². The summed E-state index contributed by atoms with van der Waals surface area (Å²) in [6.07, 6.45) is 0. The molecule has 0 aliphatic heterocycles. The summed E-state index contributed by atoms with van der Waals surface area (Å²) in [5.74, 6) is 0. The van der Waals surface area contributed by atoms with Gasteiger partial charge in [-0.15, -0.1) is 4.91 Å². The van der Waals surface area contributed by atoms with E-state index >= 15 is 0 Å². The van der Waals surface area contributed by atoms with Crippen molar-refractivity contribution in [2.45, 2.75) is 0 Å². The molecular weight excluding hydrogens is 208 g/mol. The van der Waals surface area contributed by atoms with Gasteiger partial charge in [0, 0.05) is 11.5 Å². The molecule has 0 aromatic heterocycles. The van der Waals surface area contributed by atoms with Crippen molar-refractivity contribution in [2.75, 3.05) is 12.4 Å². The normalized spacial score (nSPS) is 9.27. The van der Waals surface area contributed by atoms with Crippen LogP contribution >= 0.6 is 15.9 Å². The van der Waals surface area contributed by atoms with E-state index in [4.69, 9.17) is 0 Å². The lowest BCUT2D eigenvalue weighted by atomic mass is 10.3. The maximum atomic E-state index is 10.2. The summed E-state index contributed by atoms with van der Waals surface area (Å²) in [6, 6.07) is 5.31. The molecule has 0 aliphatic rings. The first-order chi connectivity index (χ1) is 5.27. The summed E-state index contributed by atoms with van der Waals surface area (Å²) in [6.45, 7) is 0. The van der Waals surface area contributed by atoms with Crippen LogP contribution in [-0.4, -0.2) is 7.05 Å². The minimum atomic E-state index is 0.418. The van der Waals surface area contributed by atoms with Crippen molar-refractivity contribution in [1.29, 1.82) is 0 Å². The van der Waals surface area contributed by atoms with Crippen LogP contribution in [0.4, 0.5) is 11.4 Å². The van der Waals surface area contributed by atoms with Crippen LogP contribution < -0.4 is 5.32 Å². The van der Waals surface area contributed by atoms with E-state index in [9.17, 15) is 4.91 Å². The summed E-state index contributed by atoms with van der Waals surface area (Å²) in [5, 5.41) is 5.72. The fourth-order valence-electron chi connectivity index (χ4n) is 0.792. The highest BCUT2D eigenvalue weighted by molar-refractivity contribution is 9.10. The van der Waals surface area contributed by atoms with Gasteiger partial charge in [-0.05, 0) is 23.4 Å². The summed E-state index contributed by atoms with van der Waals surface area (Å²) >= 11 is 3.24. The van der Waals surface area contributed by atoms with Gasteiger partial charge in [-0.1, -0.05) is 15.9 Å². The number of anilines is 1. The van der Waals surface area contributed by atoms with Crippen molar-refractivity contribution in [3.05, 3.63) is 27.6 Å². The summed E-state index contributed by atoms with van der Waals surface area (Å²) < 4.78 is 0.853. The summed E-state index contributed by atoms with van der Waals surface area (Å²) in [5.41, 5.74) is 1.16. The maximum absolute atomic E-state index is 10.2. The number of halogens is 1. The van der Waals surface area contributed by atoms with Crippen LogP contribution in [0, 0.1) is 4.91 Å². The predicted molar refractivity (Wildman–Crippen MR) is 49.1 cm³/mol. The van der Waals surface area contributed by atoms with E-state index in [0.29, 0.717) is 5.69 Å². The standard InChI is InChI=1S/C7H7BrN2O/c1-9-6-3-2-5(8)4-7(6)10-11/h2-4,9H,1H3. The Bertz CT molecular complexity index is 275. The molecular formula is C7H7BrN2O. The van der Waals surface area contributed by atoms with Crippen LogP contribution in [0.2, 0.25) is 0 Å². The van der Waals surface area contributed by atoms with Gasteiger partial charge in [0.05, 0.1) is 5.69 Å². The van der Waals surface area contributed by atoms with Gasteiger partial charge in [0.1, 0.15) is 5.69 Å². The van der Waals surface area contributed by atoms with Crippen molar-refractivity contribution in [3.8, 4) is 0 Å². The topological polar surface area (TPSA) is 41.5 Å². The van der Waals surface area contributed by atoms with Gasteiger partial charge < -0.3 is 5.32 Å². The van der Waals surface area contributed by atoms with Crippen molar-refractivity contribution in [3.63, 3.8) is 0 Å². The molecule has 3 nitrogen and oxygen atoms in total. The average molecular weight is 215 g/mol. The Kier molecular flexibility index (Phi) is 2.59. The number of hydrogen-bond acceptors (Lipinski definition) is 3. The molecule has 0 spiro atoms. The number of hydrogen-bond donors (Lipinski definition) is 1. The number of nitrogens with zero attached hydrogens (tertiary/aromatic N) is 1. The van der Waals surface area contributed by atoms with Gasteiger partial charge in [0.15, 0.2) is 0 Å². The molecule has 0 amide bonds. The van der Waals surface area contributed by atoms with E-state index in [1.807, 2.05) is 6.07 Å². The molecule has 0 saturated carbocycles. The molecule has 0 unspecified atom stereocenters. The Hall–Kier alpha value is -0.900. The quantitative estimate of drug-likeness (QED) is 0.770. The highest BCUT2D eigenvalue weighted by Crippen LogP contribution is 2.27. The zero-order valence-electron chi connectivity index (χ0n) is 5.97. The minimum absolute atomic E-state index is 0.418. The van der Waals surface area contributed by atoms with E-state index in [0.717, 1.165) is 10.2 Å². The number of benzene rings is 1. The lowest BCUT2D eigenvalue weighted by Gasteiger charge is -2.01. The first-order valence-electron chi connectivity index (χ1n) is 3.08. The molecule has 0 atom stereocenters. The minimum Gasteiger partial charge on any atom is -0.386 e. The number of nitroso groups, excluding NO2 is 1. The second-order valence-corrected chi connectivity index (χ2v) is 2.92. The van der Waals surface area contributed by atoms with Crippen LogP contribution in [0.3, 0.4) is 0 Å². The number of nitrogens with one attached hydrogen (secondary N) is 1. The second-order valence-electron chi connectivity index (χ2n) is 2.00. The van der Waals surface area contributed by atoms with Crippen molar-refractivity contribution < 1.29 is 0 Å². The Labute approximate surface area is 72.9 Å². The highest BCUT2D eigenvalue weighted by Gasteiger charge is 1.99. The Balaban J connectivity index is 3.16. The van der Waals surface area contributed by atoms with E-state index < -0.39 is 0 Å². The van der Waals surface area contributed by atoms with Gasteiger partial charge in [0.2, 0.25) is 0 Å². The average Bonchev–Trinajstić information content (AvgIpc) is 2.04. The van der Waals surface area contributed by atoms with Crippen LogP contribution in [0.5, 0.6) is 0 Å². The molecule has 0 fully saturated rings. The first kappa shape index (κ1) is 8.20. The Morgan fingerprint density at radius 2 is 2.27 bits per heavy atom. The van der Waals surface area contributed by atoms with Gasteiger partial charge in [-0.2, -0.15) is 0 Å². The Morgan fingerprint density at radius 1 is 1.55 bits per heavy atom. The van der Waals surface area contributed by atoms with Crippen molar-refractivity contribution in [1.82, 2.24) is 0 Å². The fourth-order valence-corrected chi connectivity index (χ4v) is 1.14. The van der Waals surface area contributed by atoms with Crippen LogP contribution in [0.25, 0.3) is 0 Å². The summed E-state index contributed by atoms with van der Waals surface area (Å²) in [4.78, 5) is 10.2. The monoisotopic (exact) mass is 214 g/mol. The zero-order chi connectivity index (χ0) is 8.27. The van der Waals surface area contributed by atoms with Gasteiger partial charge in [-0.3, -0.25) is 0 Å². The smallest absolute Gasteiger partial charge is 0.132 e. The van der Waals surface area contributed by atoms with E-state index in [-0.39, 0.29) is 0 Å². The molecule has 58 valence electrons. The molecule has 1 aromatic carbocycles. The molecule has 4 heteroatoms. The highest BCUT2D eigenvalue weighted by atomic mass is 79.9. The third-order valence-corrected chi connectivity index (χ3v) is 1.82. The van der Waals surface area contributed by atoms with E-state index in [1.165, 1.54) is 0 Å². The molecule has 11 heavy (non-hydrogen) atoms. The summed E-state index contributed by atoms with van der Waals surface area (Å²) in [7, 11) is 1.75. The molecule has 0 radical (unpaired) electrons. The van der Waals surface area contributed by atoms with Gasteiger partial charge in [0.25, 0.3) is 0 Å². The third kappa shape index (κ3) is 1.77. The van der Waals surface area contributed by atoms with Gasteiger partial charge >= 0.3 is 0 Å². The maximum Gasteiger partial charge on any atom is 0.132 e. The molecule has 0 saturated heterocycles. The fraction of sp³-hybridized carbons (Fsp3) is 0.143. The number of rotatable bonds is 2. The lowest BCUT2D eigenvalue weighted by molar-refractivity contribution is 1.43. The van der Waals surface area contributed by atoms with E-state index in [2.05, 4.69) is 26.4 Å². The molecule has 0 aliphatic carbocycles. The third-order valence-electron chi connectivity index (χ3n) is 1.33.